The van der Waals surface area contributed by atoms with Crippen molar-refractivity contribution in [2.45, 2.75) is 33.6 Å². The van der Waals surface area contributed by atoms with Crippen molar-refractivity contribution in [2.24, 2.45) is 12.5 Å². The Labute approximate surface area is 139 Å². The van der Waals surface area contributed by atoms with Crippen LogP contribution in [0.15, 0.2) is 18.3 Å². The van der Waals surface area contributed by atoms with Crippen molar-refractivity contribution < 1.29 is 14.4 Å². The first-order valence-electron chi connectivity index (χ1n) is 7.55. The standard InChI is InChI=1S/C16H20ClN3O3/c1-5-22-15-16(2,3)14(21)20(23-15)9-10-7-13-11(6-12(10)17)8-19(4)18-13/h6-8,15H,5,9H2,1-4H3. The highest BCUT2D eigenvalue weighted by Gasteiger charge is 2.49. The number of fused-ring (bicyclic) bond motifs is 1. The van der Waals surface area contributed by atoms with E-state index in [-0.39, 0.29) is 12.5 Å². The van der Waals surface area contributed by atoms with Gasteiger partial charge in [-0.2, -0.15) is 5.10 Å². The maximum atomic E-state index is 12.6. The highest BCUT2D eigenvalue weighted by atomic mass is 35.5. The van der Waals surface area contributed by atoms with Crippen LogP contribution in [-0.2, 0) is 28.0 Å². The third kappa shape index (κ3) is 2.82. The number of nitrogens with zero attached hydrogens (tertiary/aromatic N) is 3. The van der Waals surface area contributed by atoms with Crippen molar-refractivity contribution in [3.63, 3.8) is 0 Å². The fourth-order valence-corrected chi connectivity index (χ4v) is 2.93. The number of hydrogen-bond donors (Lipinski definition) is 0. The third-order valence-corrected chi connectivity index (χ3v) is 4.36. The molecule has 0 saturated carbocycles. The molecule has 0 radical (unpaired) electrons. The van der Waals surface area contributed by atoms with Gasteiger partial charge in [-0.3, -0.25) is 9.48 Å². The minimum atomic E-state index is -0.725. The van der Waals surface area contributed by atoms with Crippen LogP contribution in [0.2, 0.25) is 5.02 Å². The van der Waals surface area contributed by atoms with E-state index in [4.69, 9.17) is 21.2 Å². The molecule has 1 saturated heterocycles. The van der Waals surface area contributed by atoms with Gasteiger partial charge in [-0.05, 0) is 38.5 Å². The molecule has 0 spiro atoms. The molecule has 23 heavy (non-hydrogen) atoms. The fraction of sp³-hybridized carbons (Fsp3) is 0.500. The quantitative estimate of drug-likeness (QED) is 0.860. The summed E-state index contributed by atoms with van der Waals surface area (Å²) in [4.78, 5) is 18.2. The molecule has 0 aliphatic carbocycles. The molecular formula is C16H20ClN3O3. The molecule has 1 fully saturated rings. The molecule has 1 aromatic heterocycles. The van der Waals surface area contributed by atoms with E-state index in [1.54, 1.807) is 4.68 Å². The van der Waals surface area contributed by atoms with Crippen molar-refractivity contribution in [3.05, 3.63) is 28.9 Å². The first kappa shape index (κ1) is 16.2. The molecule has 1 amide bonds. The van der Waals surface area contributed by atoms with E-state index in [9.17, 15) is 4.79 Å². The summed E-state index contributed by atoms with van der Waals surface area (Å²) in [7, 11) is 1.86. The zero-order chi connectivity index (χ0) is 16.8. The van der Waals surface area contributed by atoms with Crippen LogP contribution in [0.1, 0.15) is 26.3 Å². The largest absolute Gasteiger partial charge is 0.350 e. The first-order chi connectivity index (χ1) is 10.8. The maximum absolute atomic E-state index is 12.6. The molecule has 1 aliphatic heterocycles. The summed E-state index contributed by atoms with van der Waals surface area (Å²) >= 11 is 6.35. The highest BCUT2D eigenvalue weighted by Crippen LogP contribution is 2.36. The Morgan fingerprint density at radius 2 is 2.17 bits per heavy atom. The van der Waals surface area contributed by atoms with Gasteiger partial charge in [0.1, 0.15) is 0 Å². The normalized spacial score (nSPS) is 20.7. The van der Waals surface area contributed by atoms with Gasteiger partial charge in [0.15, 0.2) is 6.29 Å². The van der Waals surface area contributed by atoms with E-state index in [1.165, 1.54) is 5.06 Å². The molecule has 1 aromatic carbocycles. The third-order valence-electron chi connectivity index (χ3n) is 4.01. The average Bonchev–Trinajstić information content (AvgIpc) is 2.92. The number of amides is 1. The summed E-state index contributed by atoms with van der Waals surface area (Å²) in [5, 5.41) is 7.24. The summed E-state index contributed by atoms with van der Waals surface area (Å²) < 4.78 is 7.26. The van der Waals surface area contributed by atoms with Crippen molar-refractivity contribution in [1.29, 1.82) is 0 Å². The number of hydroxylamine groups is 2. The highest BCUT2D eigenvalue weighted by molar-refractivity contribution is 6.32. The molecule has 0 bridgehead atoms. The molecule has 3 rings (SSSR count). The molecule has 2 heterocycles. The molecule has 1 aliphatic rings. The topological polar surface area (TPSA) is 56.6 Å². The number of rotatable bonds is 4. The lowest BCUT2D eigenvalue weighted by atomic mass is 9.92. The fourth-order valence-electron chi connectivity index (χ4n) is 2.70. The summed E-state index contributed by atoms with van der Waals surface area (Å²) in [5.41, 5.74) is 0.899. The average molecular weight is 338 g/mol. The molecule has 7 heteroatoms. The van der Waals surface area contributed by atoms with Gasteiger partial charge >= 0.3 is 0 Å². The predicted octanol–water partition coefficient (Wildman–Crippen LogP) is 2.89. The van der Waals surface area contributed by atoms with E-state index >= 15 is 0 Å². The van der Waals surface area contributed by atoms with Crippen LogP contribution in [0.5, 0.6) is 0 Å². The van der Waals surface area contributed by atoms with Gasteiger partial charge in [-0.15, -0.1) is 0 Å². The van der Waals surface area contributed by atoms with Gasteiger partial charge in [-0.25, -0.2) is 9.90 Å². The van der Waals surface area contributed by atoms with Crippen LogP contribution in [-0.4, -0.2) is 33.6 Å². The molecule has 0 N–H and O–H groups in total. The van der Waals surface area contributed by atoms with Crippen molar-refractivity contribution in [2.75, 3.05) is 6.61 Å². The summed E-state index contributed by atoms with van der Waals surface area (Å²) in [5.74, 6) is -0.117. The molecular weight excluding hydrogens is 318 g/mol. The molecule has 2 aromatic rings. The van der Waals surface area contributed by atoms with E-state index in [1.807, 2.05) is 46.1 Å². The Morgan fingerprint density at radius 3 is 2.87 bits per heavy atom. The number of hydrogen-bond acceptors (Lipinski definition) is 4. The Balaban J connectivity index is 1.87. The van der Waals surface area contributed by atoms with Crippen molar-refractivity contribution in [3.8, 4) is 0 Å². The van der Waals surface area contributed by atoms with Crippen LogP contribution in [0, 0.1) is 5.41 Å². The number of halogens is 1. The van der Waals surface area contributed by atoms with Crippen LogP contribution < -0.4 is 0 Å². The number of benzene rings is 1. The zero-order valence-corrected chi connectivity index (χ0v) is 14.4. The second-order valence-corrected chi connectivity index (χ2v) is 6.67. The Hall–Kier alpha value is -1.63. The van der Waals surface area contributed by atoms with Gasteiger partial charge in [0.05, 0.1) is 17.5 Å². The minimum absolute atomic E-state index is 0.117. The van der Waals surface area contributed by atoms with Crippen molar-refractivity contribution >= 4 is 28.4 Å². The lowest BCUT2D eigenvalue weighted by Gasteiger charge is -2.19. The van der Waals surface area contributed by atoms with Gasteiger partial charge in [0.25, 0.3) is 5.91 Å². The molecule has 1 unspecified atom stereocenters. The van der Waals surface area contributed by atoms with E-state index < -0.39 is 11.7 Å². The zero-order valence-electron chi connectivity index (χ0n) is 13.7. The summed E-state index contributed by atoms with van der Waals surface area (Å²) in [6.45, 7) is 6.25. The van der Waals surface area contributed by atoms with Crippen LogP contribution >= 0.6 is 11.6 Å². The van der Waals surface area contributed by atoms with Gasteiger partial charge < -0.3 is 4.74 Å². The number of aromatic nitrogens is 2. The molecule has 124 valence electrons. The number of carbonyl (C=O) groups excluding carboxylic acids is 1. The minimum Gasteiger partial charge on any atom is -0.350 e. The number of carbonyl (C=O) groups is 1. The molecule has 1 atom stereocenters. The second kappa shape index (κ2) is 5.78. The Morgan fingerprint density at radius 1 is 1.43 bits per heavy atom. The first-order valence-corrected chi connectivity index (χ1v) is 7.93. The van der Waals surface area contributed by atoms with Gasteiger partial charge in [-0.1, -0.05) is 11.6 Å². The van der Waals surface area contributed by atoms with Crippen LogP contribution in [0.25, 0.3) is 10.9 Å². The van der Waals surface area contributed by atoms with E-state index in [0.29, 0.717) is 11.6 Å². The lowest BCUT2D eigenvalue weighted by molar-refractivity contribution is -0.246. The van der Waals surface area contributed by atoms with E-state index in [2.05, 4.69) is 5.10 Å². The van der Waals surface area contributed by atoms with Crippen LogP contribution in [0.4, 0.5) is 0 Å². The van der Waals surface area contributed by atoms with E-state index in [0.717, 1.165) is 16.5 Å². The number of ether oxygens (including phenoxy) is 1. The SMILES string of the molecule is CCOC1ON(Cc2cc3nn(C)cc3cc2Cl)C(=O)C1(C)C. The summed E-state index contributed by atoms with van der Waals surface area (Å²) in [6, 6.07) is 3.74. The lowest BCUT2D eigenvalue weighted by Crippen LogP contribution is -2.34. The second-order valence-electron chi connectivity index (χ2n) is 6.26. The van der Waals surface area contributed by atoms with Gasteiger partial charge in [0, 0.05) is 30.3 Å². The predicted molar refractivity (Wildman–Crippen MR) is 86.6 cm³/mol. The number of aryl methyl sites for hydroxylation is 1. The monoisotopic (exact) mass is 337 g/mol. The Bertz CT molecular complexity index is 756. The smallest absolute Gasteiger partial charge is 0.257 e. The summed E-state index contributed by atoms with van der Waals surface area (Å²) in [6.07, 6.45) is 1.31. The van der Waals surface area contributed by atoms with Gasteiger partial charge in [0.2, 0.25) is 0 Å². The van der Waals surface area contributed by atoms with Crippen molar-refractivity contribution in [1.82, 2.24) is 14.8 Å². The molecule has 6 nitrogen and oxygen atoms in total. The van der Waals surface area contributed by atoms with Crippen LogP contribution in [0.3, 0.4) is 0 Å². The Kier molecular flexibility index (Phi) is 4.08. The maximum Gasteiger partial charge on any atom is 0.257 e.